The summed E-state index contributed by atoms with van der Waals surface area (Å²) in [5.74, 6) is -7.03. The third-order valence-electron chi connectivity index (χ3n) is 5.25. The molecular weight excluding hydrogens is 504 g/mol. The number of halogens is 3. The first-order chi connectivity index (χ1) is 17.0. The number of carbonyl (C=O) groups is 3. The van der Waals surface area contributed by atoms with Crippen LogP contribution in [0.2, 0.25) is 5.02 Å². The number of hydrogen-bond acceptors (Lipinski definition) is 6. The highest BCUT2D eigenvalue weighted by Gasteiger charge is 2.30. The lowest BCUT2D eigenvalue weighted by Crippen LogP contribution is -2.48. The minimum atomic E-state index is -2.03. The molecule has 4 N–H and O–H groups in total. The number of aliphatic hydroxyl groups excluding tert-OH is 1. The number of amides is 1. The fourth-order valence-electron chi connectivity index (χ4n) is 3.39. The molecule has 0 aliphatic rings. The molecule has 1 aromatic heterocycles. The number of nitrogens with one attached hydrogen (secondary N) is 1. The molecule has 36 heavy (non-hydrogen) atoms. The monoisotopic (exact) mass is 523 g/mol. The number of methoxy groups -OCH3 is 1. The molecule has 0 radical (unpaired) electrons. The highest BCUT2D eigenvalue weighted by atomic mass is 35.5. The Morgan fingerprint density at radius 1 is 1.11 bits per heavy atom. The average molecular weight is 524 g/mol. The predicted molar refractivity (Wildman–Crippen MR) is 121 cm³/mol. The lowest BCUT2D eigenvalue weighted by atomic mass is 10.0. The first kappa shape index (κ1) is 26.6. The van der Waals surface area contributed by atoms with Crippen LogP contribution in [0.1, 0.15) is 32.1 Å². The average Bonchev–Trinajstić information content (AvgIpc) is 3.27. The molecule has 3 rings (SSSR count). The lowest BCUT2D eigenvalue weighted by molar-refractivity contribution is -0.148. The lowest BCUT2D eigenvalue weighted by Gasteiger charge is -2.21. The van der Waals surface area contributed by atoms with E-state index < -0.39 is 59.6 Å². The van der Waals surface area contributed by atoms with E-state index in [1.54, 1.807) is 24.3 Å². The minimum Gasteiger partial charge on any atom is -0.494 e. The van der Waals surface area contributed by atoms with E-state index in [2.05, 4.69) is 10.4 Å². The van der Waals surface area contributed by atoms with Crippen LogP contribution in [-0.4, -0.2) is 62.2 Å². The van der Waals surface area contributed by atoms with Crippen molar-refractivity contribution in [3.63, 3.8) is 0 Å². The minimum absolute atomic E-state index is 0.165. The van der Waals surface area contributed by atoms with E-state index in [1.807, 2.05) is 0 Å². The number of aromatic nitrogens is 2. The summed E-state index contributed by atoms with van der Waals surface area (Å²) >= 11 is 6.10. The summed E-state index contributed by atoms with van der Waals surface area (Å²) < 4.78 is 33.9. The fraction of sp³-hybridized carbons (Fsp3) is 0.217. The Bertz CT molecular complexity index is 1310. The van der Waals surface area contributed by atoms with Gasteiger partial charge in [-0.2, -0.15) is 9.49 Å². The number of benzene rings is 2. The molecular formula is C23H20ClF2N3O7. The molecule has 0 aliphatic carbocycles. The van der Waals surface area contributed by atoms with Crippen molar-refractivity contribution in [3.05, 3.63) is 81.6 Å². The first-order valence-electron chi connectivity index (χ1n) is 10.3. The Morgan fingerprint density at radius 2 is 1.81 bits per heavy atom. The summed E-state index contributed by atoms with van der Waals surface area (Å²) in [5, 5.41) is 35.3. The summed E-state index contributed by atoms with van der Waals surface area (Å²) in [6.07, 6.45) is -2.19. The van der Waals surface area contributed by atoms with Gasteiger partial charge in [0.05, 0.1) is 19.7 Å². The highest BCUT2D eigenvalue weighted by Crippen LogP contribution is 2.23. The Labute approximate surface area is 207 Å². The standard InChI is InChI=1S/C23H20ClF2N3O7/c1-36-17-7-6-12(18(25)19(17)26)10-29-16(22(32)33)9-15(28-29)21(31)27-14(20(30)23(34)35)8-11-4-2-3-5-13(11)24/h2-7,9,14,20,30H,8,10H2,1H3,(H,27,31)(H,32,33)(H,34,35)/t14-,20-/m1/s1. The van der Waals surface area contributed by atoms with E-state index in [0.29, 0.717) is 5.56 Å². The maximum atomic E-state index is 14.4. The number of aliphatic hydroxyl groups is 1. The van der Waals surface area contributed by atoms with Crippen molar-refractivity contribution in [1.29, 1.82) is 0 Å². The predicted octanol–water partition coefficient (Wildman–Crippen LogP) is 2.36. The smallest absolute Gasteiger partial charge is 0.354 e. The van der Waals surface area contributed by atoms with E-state index in [1.165, 1.54) is 6.07 Å². The van der Waals surface area contributed by atoms with Crippen molar-refractivity contribution in [2.45, 2.75) is 25.1 Å². The number of carboxylic acid groups (broad SMARTS) is 2. The van der Waals surface area contributed by atoms with Crippen molar-refractivity contribution in [2.75, 3.05) is 7.11 Å². The Balaban J connectivity index is 1.90. The van der Waals surface area contributed by atoms with Crippen LogP contribution in [0.3, 0.4) is 0 Å². The second-order valence-electron chi connectivity index (χ2n) is 7.59. The van der Waals surface area contributed by atoms with Gasteiger partial charge in [-0.15, -0.1) is 0 Å². The van der Waals surface area contributed by atoms with Gasteiger partial charge in [0.2, 0.25) is 5.82 Å². The van der Waals surface area contributed by atoms with Gasteiger partial charge in [0.15, 0.2) is 23.4 Å². The van der Waals surface area contributed by atoms with Crippen molar-refractivity contribution in [1.82, 2.24) is 15.1 Å². The van der Waals surface area contributed by atoms with E-state index in [-0.39, 0.29) is 22.8 Å². The molecule has 0 saturated carbocycles. The van der Waals surface area contributed by atoms with Crippen LogP contribution in [-0.2, 0) is 17.8 Å². The Morgan fingerprint density at radius 3 is 2.42 bits per heavy atom. The summed E-state index contributed by atoms with van der Waals surface area (Å²) in [5.41, 5.74) is -0.789. The van der Waals surface area contributed by atoms with Crippen LogP contribution in [0.5, 0.6) is 5.75 Å². The van der Waals surface area contributed by atoms with Crippen molar-refractivity contribution < 1.29 is 43.2 Å². The zero-order chi connectivity index (χ0) is 26.6. The van der Waals surface area contributed by atoms with Gasteiger partial charge in [-0.3, -0.25) is 9.48 Å². The molecule has 0 spiro atoms. The van der Waals surface area contributed by atoms with Gasteiger partial charge in [-0.25, -0.2) is 14.0 Å². The zero-order valence-corrected chi connectivity index (χ0v) is 19.4. The third-order valence-corrected chi connectivity index (χ3v) is 5.62. The fourth-order valence-corrected chi connectivity index (χ4v) is 3.60. The molecule has 0 fully saturated rings. The second-order valence-corrected chi connectivity index (χ2v) is 8.00. The maximum Gasteiger partial charge on any atom is 0.354 e. The largest absolute Gasteiger partial charge is 0.494 e. The Kier molecular flexibility index (Phi) is 8.22. The molecule has 0 saturated heterocycles. The van der Waals surface area contributed by atoms with E-state index >= 15 is 0 Å². The number of rotatable bonds is 10. The quantitative estimate of drug-likeness (QED) is 0.316. The number of hydrogen-bond donors (Lipinski definition) is 4. The number of ether oxygens (including phenoxy) is 1. The molecule has 0 aliphatic heterocycles. The Hall–Kier alpha value is -4.03. The van der Waals surface area contributed by atoms with Gasteiger partial charge in [0.1, 0.15) is 5.69 Å². The molecule has 2 atom stereocenters. The molecule has 0 bridgehead atoms. The number of aromatic carboxylic acids is 1. The van der Waals surface area contributed by atoms with Crippen molar-refractivity contribution in [3.8, 4) is 5.75 Å². The highest BCUT2D eigenvalue weighted by molar-refractivity contribution is 6.31. The maximum absolute atomic E-state index is 14.4. The van der Waals surface area contributed by atoms with Crippen molar-refractivity contribution >= 4 is 29.4 Å². The van der Waals surface area contributed by atoms with E-state index in [0.717, 1.165) is 23.9 Å². The van der Waals surface area contributed by atoms with Crippen LogP contribution in [0.4, 0.5) is 8.78 Å². The SMILES string of the molecule is COc1ccc(Cn2nc(C(=O)N[C@H](Cc3ccccc3Cl)[C@@H](O)C(=O)O)cc2C(=O)O)c(F)c1F. The number of nitrogens with zero attached hydrogens (tertiary/aromatic N) is 2. The number of aliphatic carboxylic acids is 1. The molecule has 1 heterocycles. The summed E-state index contributed by atoms with van der Waals surface area (Å²) in [6, 6.07) is 8.25. The number of carboxylic acids is 2. The number of carbonyl (C=O) groups excluding carboxylic acids is 1. The van der Waals surface area contributed by atoms with Crippen LogP contribution in [0, 0.1) is 11.6 Å². The van der Waals surface area contributed by atoms with Crippen LogP contribution in [0.25, 0.3) is 0 Å². The van der Waals surface area contributed by atoms with Crippen molar-refractivity contribution in [2.24, 2.45) is 0 Å². The molecule has 13 heteroatoms. The summed E-state index contributed by atoms with van der Waals surface area (Å²) in [7, 11) is 1.15. The van der Waals surface area contributed by atoms with Crippen LogP contribution >= 0.6 is 11.6 Å². The first-order valence-corrected chi connectivity index (χ1v) is 10.7. The summed E-state index contributed by atoms with van der Waals surface area (Å²) in [6.45, 7) is -0.539. The molecule has 190 valence electrons. The van der Waals surface area contributed by atoms with E-state index in [4.69, 9.17) is 16.3 Å². The van der Waals surface area contributed by atoms with Gasteiger partial charge < -0.3 is 25.4 Å². The van der Waals surface area contributed by atoms with E-state index in [9.17, 15) is 38.5 Å². The van der Waals surface area contributed by atoms with Crippen LogP contribution in [0.15, 0.2) is 42.5 Å². The molecule has 0 unspecified atom stereocenters. The van der Waals surface area contributed by atoms with Gasteiger partial charge >= 0.3 is 11.9 Å². The normalized spacial score (nSPS) is 12.6. The van der Waals surface area contributed by atoms with Gasteiger partial charge in [-0.1, -0.05) is 35.9 Å². The van der Waals surface area contributed by atoms with Gasteiger partial charge in [-0.05, 0) is 24.1 Å². The third kappa shape index (κ3) is 5.78. The second kappa shape index (κ2) is 11.1. The molecule has 2 aromatic carbocycles. The van der Waals surface area contributed by atoms with Gasteiger partial charge in [0, 0.05) is 16.7 Å². The molecule has 1 amide bonds. The van der Waals surface area contributed by atoms with Gasteiger partial charge in [0.25, 0.3) is 5.91 Å². The van der Waals surface area contributed by atoms with Crippen LogP contribution < -0.4 is 10.1 Å². The molecule has 10 nitrogen and oxygen atoms in total. The zero-order valence-electron chi connectivity index (χ0n) is 18.6. The summed E-state index contributed by atoms with van der Waals surface area (Å²) in [4.78, 5) is 35.9. The topological polar surface area (TPSA) is 151 Å². The molecule has 3 aromatic rings.